The molecule has 0 bridgehead atoms. The average Bonchev–Trinajstić information content (AvgIpc) is 2.81. The number of benzene rings is 2. The molecule has 1 heterocycles. The first-order chi connectivity index (χ1) is 11.4. The number of nitrogens with zero attached hydrogens (tertiary/aromatic N) is 1. The number of halogens is 1. The number of hydrogen-bond acceptors (Lipinski definition) is 4. The Morgan fingerprint density at radius 3 is 2.54 bits per heavy atom. The first kappa shape index (κ1) is 16.8. The highest BCUT2D eigenvalue weighted by Gasteiger charge is 2.23. The maximum Gasteiger partial charge on any atom is 0.264 e. The third kappa shape index (κ3) is 3.88. The van der Waals surface area contributed by atoms with Gasteiger partial charge in [-0.3, -0.25) is 4.79 Å². The third-order valence-corrected chi connectivity index (χ3v) is 4.90. The summed E-state index contributed by atoms with van der Waals surface area (Å²) < 4.78 is 0.587. The summed E-state index contributed by atoms with van der Waals surface area (Å²) in [5.41, 5.74) is 3.91. The van der Waals surface area contributed by atoms with Crippen LogP contribution >= 0.6 is 27.7 Å². The van der Waals surface area contributed by atoms with Gasteiger partial charge in [0.15, 0.2) is 5.17 Å². The van der Waals surface area contributed by atoms with E-state index in [0.717, 1.165) is 22.4 Å². The summed E-state index contributed by atoms with van der Waals surface area (Å²) in [4.78, 5) is 17.2. The number of phenolic OH excluding ortho intramolecular Hbond substituents is 1. The van der Waals surface area contributed by atoms with Crippen molar-refractivity contribution in [3.63, 3.8) is 0 Å². The number of carbonyl (C=O) groups is 1. The van der Waals surface area contributed by atoms with Gasteiger partial charge in [-0.25, -0.2) is 4.99 Å². The molecule has 0 unspecified atom stereocenters. The van der Waals surface area contributed by atoms with Gasteiger partial charge in [-0.15, -0.1) is 0 Å². The minimum absolute atomic E-state index is 0.165. The van der Waals surface area contributed by atoms with Gasteiger partial charge in [0.05, 0.1) is 15.1 Å². The summed E-state index contributed by atoms with van der Waals surface area (Å²) in [6.45, 7) is 4.04. The van der Waals surface area contributed by atoms with Crippen LogP contribution in [0.2, 0.25) is 0 Å². The van der Waals surface area contributed by atoms with Gasteiger partial charge in [0.2, 0.25) is 0 Å². The second-order valence-electron chi connectivity index (χ2n) is 5.54. The SMILES string of the molecule is Cc1cc(C)cc(N=C2NC(=O)C(=Cc3ccc(O)c(Br)c3)S2)c1. The lowest BCUT2D eigenvalue weighted by Crippen LogP contribution is -2.19. The summed E-state index contributed by atoms with van der Waals surface area (Å²) in [6.07, 6.45) is 1.77. The highest BCUT2D eigenvalue weighted by Crippen LogP contribution is 2.30. The molecule has 122 valence electrons. The van der Waals surface area contributed by atoms with Crippen molar-refractivity contribution in [3.05, 3.63) is 62.5 Å². The number of hydrogen-bond donors (Lipinski definition) is 2. The summed E-state index contributed by atoms with van der Waals surface area (Å²) >= 11 is 4.57. The monoisotopic (exact) mass is 402 g/mol. The van der Waals surface area contributed by atoms with E-state index < -0.39 is 0 Å². The first-order valence-corrected chi connectivity index (χ1v) is 8.88. The van der Waals surface area contributed by atoms with Crippen LogP contribution in [0.1, 0.15) is 16.7 Å². The Morgan fingerprint density at radius 2 is 1.88 bits per heavy atom. The lowest BCUT2D eigenvalue weighted by atomic mass is 10.1. The van der Waals surface area contributed by atoms with Crippen LogP contribution in [-0.4, -0.2) is 16.2 Å². The minimum atomic E-state index is -0.174. The molecule has 0 saturated carbocycles. The number of aromatic hydroxyl groups is 1. The molecule has 1 aliphatic heterocycles. The number of phenols is 1. The second kappa shape index (κ2) is 6.83. The Bertz CT molecular complexity index is 870. The van der Waals surface area contributed by atoms with Gasteiger partial charge in [-0.05, 0) is 88.6 Å². The average molecular weight is 403 g/mol. The smallest absolute Gasteiger partial charge is 0.264 e. The Balaban J connectivity index is 1.86. The highest BCUT2D eigenvalue weighted by molar-refractivity contribution is 9.10. The zero-order valence-electron chi connectivity index (χ0n) is 13.1. The molecule has 0 spiro atoms. The Hall–Kier alpha value is -2.05. The van der Waals surface area contributed by atoms with Gasteiger partial charge in [0.1, 0.15) is 5.75 Å². The van der Waals surface area contributed by atoms with Crippen LogP contribution in [0.15, 0.2) is 50.8 Å². The number of rotatable bonds is 2. The van der Waals surface area contributed by atoms with Crippen LogP contribution in [0.25, 0.3) is 6.08 Å². The Morgan fingerprint density at radius 1 is 1.17 bits per heavy atom. The number of aryl methyl sites for hydroxylation is 2. The van der Waals surface area contributed by atoms with Crippen molar-refractivity contribution in [2.75, 3.05) is 0 Å². The van der Waals surface area contributed by atoms with Crippen molar-refractivity contribution in [2.24, 2.45) is 4.99 Å². The largest absolute Gasteiger partial charge is 0.507 e. The normalized spacial score (nSPS) is 17.5. The number of amides is 1. The molecule has 2 aromatic carbocycles. The fourth-order valence-electron chi connectivity index (χ4n) is 2.38. The van der Waals surface area contributed by atoms with Crippen molar-refractivity contribution in [1.29, 1.82) is 0 Å². The van der Waals surface area contributed by atoms with Gasteiger partial charge in [-0.1, -0.05) is 12.1 Å². The van der Waals surface area contributed by atoms with Crippen molar-refractivity contribution in [2.45, 2.75) is 13.8 Å². The predicted molar refractivity (Wildman–Crippen MR) is 103 cm³/mol. The summed E-state index contributed by atoms with van der Waals surface area (Å²) in [5, 5.41) is 12.9. The van der Waals surface area contributed by atoms with E-state index in [2.05, 4.69) is 32.3 Å². The number of amidine groups is 1. The molecular weight excluding hydrogens is 388 g/mol. The number of thioether (sulfide) groups is 1. The van der Waals surface area contributed by atoms with Crippen molar-refractivity contribution < 1.29 is 9.90 Å². The summed E-state index contributed by atoms with van der Waals surface area (Å²) in [6, 6.07) is 11.1. The molecule has 0 atom stereocenters. The van der Waals surface area contributed by atoms with Crippen LogP contribution in [0.5, 0.6) is 5.75 Å². The molecule has 1 saturated heterocycles. The van der Waals surface area contributed by atoms with Gasteiger partial charge in [0.25, 0.3) is 5.91 Å². The second-order valence-corrected chi connectivity index (χ2v) is 7.42. The van der Waals surface area contributed by atoms with Gasteiger partial charge in [-0.2, -0.15) is 0 Å². The lowest BCUT2D eigenvalue weighted by Gasteiger charge is -2.01. The molecule has 3 rings (SSSR count). The third-order valence-electron chi connectivity index (χ3n) is 3.36. The molecule has 4 nitrogen and oxygen atoms in total. The van der Waals surface area contributed by atoms with Crippen molar-refractivity contribution >= 4 is 50.5 Å². The molecule has 0 aromatic heterocycles. The molecule has 6 heteroatoms. The van der Waals surface area contributed by atoms with Crippen LogP contribution in [0, 0.1) is 13.8 Å². The van der Waals surface area contributed by atoms with Crippen LogP contribution in [-0.2, 0) is 4.79 Å². The fraction of sp³-hybridized carbons (Fsp3) is 0.111. The highest BCUT2D eigenvalue weighted by atomic mass is 79.9. The van der Waals surface area contributed by atoms with Gasteiger partial charge < -0.3 is 10.4 Å². The quantitative estimate of drug-likeness (QED) is 0.717. The molecule has 1 aliphatic rings. The van der Waals surface area contributed by atoms with E-state index in [1.807, 2.05) is 26.0 Å². The Kier molecular flexibility index (Phi) is 4.78. The predicted octanol–water partition coefficient (Wildman–Crippen LogP) is 4.66. The zero-order valence-corrected chi connectivity index (χ0v) is 15.5. The van der Waals surface area contributed by atoms with E-state index in [0.29, 0.717) is 14.5 Å². The first-order valence-electron chi connectivity index (χ1n) is 7.27. The fourth-order valence-corrected chi connectivity index (χ4v) is 3.62. The van der Waals surface area contributed by atoms with E-state index in [1.165, 1.54) is 11.8 Å². The van der Waals surface area contributed by atoms with Crippen LogP contribution < -0.4 is 5.32 Å². The molecule has 1 amide bonds. The van der Waals surface area contributed by atoms with Crippen LogP contribution in [0.3, 0.4) is 0 Å². The Labute approximate surface area is 152 Å². The number of carbonyl (C=O) groups excluding carboxylic acids is 1. The zero-order chi connectivity index (χ0) is 17.3. The summed E-state index contributed by atoms with van der Waals surface area (Å²) in [7, 11) is 0. The van der Waals surface area contributed by atoms with Crippen molar-refractivity contribution in [3.8, 4) is 5.75 Å². The maximum atomic E-state index is 12.1. The maximum absolute atomic E-state index is 12.1. The van der Waals surface area contributed by atoms with Gasteiger partial charge in [0, 0.05) is 0 Å². The summed E-state index contributed by atoms with van der Waals surface area (Å²) in [5.74, 6) is -0.00920. The molecule has 1 fully saturated rings. The number of nitrogens with one attached hydrogen (secondary N) is 1. The molecular formula is C18H15BrN2O2S. The van der Waals surface area contributed by atoms with Crippen molar-refractivity contribution in [1.82, 2.24) is 5.32 Å². The molecule has 2 aromatic rings. The van der Waals surface area contributed by atoms with E-state index >= 15 is 0 Å². The molecule has 24 heavy (non-hydrogen) atoms. The van der Waals surface area contributed by atoms with Gasteiger partial charge >= 0.3 is 0 Å². The number of aliphatic imine (C=N–C) groups is 1. The molecule has 0 radical (unpaired) electrons. The molecule has 0 aliphatic carbocycles. The van der Waals surface area contributed by atoms with E-state index in [1.54, 1.807) is 24.3 Å². The van der Waals surface area contributed by atoms with E-state index in [4.69, 9.17) is 0 Å². The van der Waals surface area contributed by atoms with Crippen LogP contribution in [0.4, 0.5) is 5.69 Å². The minimum Gasteiger partial charge on any atom is -0.507 e. The molecule has 2 N–H and O–H groups in total. The topological polar surface area (TPSA) is 61.7 Å². The standard InChI is InChI=1S/C18H15BrN2O2S/c1-10-5-11(2)7-13(6-10)20-18-21-17(23)16(24-18)9-12-3-4-15(22)14(19)8-12/h3-9,22H,1-2H3,(H,20,21,23). The van der Waals surface area contributed by atoms with E-state index in [9.17, 15) is 9.90 Å². The lowest BCUT2D eigenvalue weighted by molar-refractivity contribution is -0.115. The van der Waals surface area contributed by atoms with E-state index in [-0.39, 0.29) is 11.7 Å².